The number of benzene rings is 1. The Labute approximate surface area is 190 Å². The smallest absolute Gasteiger partial charge is 0.323 e. The second kappa shape index (κ2) is 8.68. The highest BCUT2D eigenvalue weighted by molar-refractivity contribution is 6.07. The Bertz CT molecular complexity index is 1120. The van der Waals surface area contributed by atoms with Gasteiger partial charge in [-0.25, -0.2) is 9.18 Å². The molecule has 174 valence electrons. The predicted octanol–water partition coefficient (Wildman–Crippen LogP) is 2.25. The Morgan fingerprint density at radius 2 is 1.76 bits per heavy atom. The van der Waals surface area contributed by atoms with Crippen molar-refractivity contribution in [1.82, 2.24) is 25.6 Å². The predicted molar refractivity (Wildman–Crippen MR) is 117 cm³/mol. The van der Waals surface area contributed by atoms with E-state index >= 15 is 0 Å². The fourth-order valence-corrected chi connectivity index (χ4v) is 4.65. The maximum atomic E-state index is 13.2. The summed E-state index contributed by atoms with van der Waals surface area (Å²) >= 11 is 0. The van der Waals surface area contributed by atoms with E-state index in [9.17, 15) is 23.6 Å². The average molecular weight is 455 g/mol. The molecular weight excluding hydrogens is 429 g/mol. The van der Waals surface area contributed by atoms with E-state index in [2.05, 4.69) is 16.2 Å². The van der Waals surface area contributed by atoms with Gasteiger partial charge in [-0.3, -0.25) is 30.1 Å². The molecule has 9 nitrogen and oxygen atoms in total. The number of aryl methyl sites for hydroxylation is 1. The molecule has 10 heteroatoms. The van der Waals surface area contributed by atoms with Crippen molar-refractivity contribution in [3.8, 4) is 5.69 Å². The SMILES string of the molecule is Cc1cc(C(=O)NNC(=O)CCN2C(=O)NC3(CCCC3)C2=O)c(C)n1-c1ccc(F)cc1. The van der Waals surface area contributed by atoms with Gasteiger partial charge in [0.05, 0.1) is 5.56 Å². The van der Waals surface area contributed by atoms with E-state index in [0.29, 0.717) is 29.8 Å². The molecule has 0 atom stereocenters. The van der Waals surface area contributed by atoms with Crippen LogP contribution in [0.3, 0.4) is 0 Å². The van der Waals surface area contributed by atoms with Crippen molar-refractivity contribution in [3.63, 3.8) is 0 Å². The molecule has 2 heterocycles. The van der Waals surface area contributed by atoms with Crippen LogP contribution in [0.15, 0.2) is 30.3 Å². The molecule has 1 saturated carbocycles. The van der Waals surface area contributed by atoms with Gasteiger partial charge < -0.3 is 9.88 Å². The molecule has 33 heavy (non-hydrogen) atoms. The summed E-state index contributed by atoms with van der Waals surface area (Å²) < 4.78 is 15.0. The molecule has 2 aromatic rings. The molecule has 1 saturated heterocycles. The first-order valence-electron chi connectivity index (χ1n) is 10.9. The van der Waals surface area contributed by atoms with E-state index in [1.807, 2.05) is 11.5 Å². The molecule has 3 N–H and O–H groups in total. The lowest BCUT2D eigenvalue weighted by Crippen LogP contribution is -2.45. The third-order valence-electron chi connectivity index (χ3n) is 6.34. The largest absolute Gasteiger partial charge is 0.325 e. The van der Waals surface area contributed by atoms with E-state index in [-0.39, 0.29) is 24.7 Å². The highest BCUT2D eigenvalue weighted by atomic mass is 19.1. The number of amides is 5. The maximum absolute atomic E-state index is 13.2. The molecule has 1 aromatic carbocycles. The van der Waals surface area contributed by atoms with E-state index in [1.165, 1.54) is 12.1 Å². The van der Waals surface area contributed by atoms with Crippen LogP contribution < -0.4 is 16.2 Å². The van der Waals surface area contributed by atoms with Crippen LogP contribution in [0.1, 0.15) is 53.8 Å². The average Bonchev–Trinajstić information content (AvgIpc) is 3.43. The zero-order valence-electron chi connectivity index (χ0n) is 18.5. The van der Waals surface area contributed by atoms with E-state index in [4.69, 9.17) is 0 Å². The summed E-state index contributed by atoms with van der Waals surface area (Å²) in [5, 5.41) is 2.77. The number of nitrogens with one attached hydrogen (secondary N) is 3. The van der Waals surface area contributed by atoms with Crippen LogP contribution in [0.2, 0.25) is 0 Å². The van der Waals surface area contributed by atoms with Crippen LogP contribution in [-0.4, -0.2) is 45.3 Å². The van der Waals surface area contributed by atoms with Gasteiger partial charge in [-0.1, -0.05) is 12.8 Å². The fraction of sp³-hybridized carbons (Fsp3) is 0.391. The second-order valence-corrected chi connectivity index (χ2v) is 8.53. The zero-order valence-corrected chi connectivity index (χ0v) is 18.5. The van der Waals surface area contributed by atoms with Gasteiger partial charge in [0.1, 0.15) is 11.4 Å². The summed E-state index contributed by atoms with van der Waals surface area (Å²) in [5.41, 5.74) is 6.36. The number of hydrogen-bond donors (Lipinski definition) is 3. The van der Waals surface area contributed by atoms with Crippen LogP contribution in [0.5, 0.6) is 0 Å². The number of imide groups is 1. The molecule has 0 radical (unpaired) electrons. The zero-order chi connectivity index (χ0) is 23.8. The molecule has 2 fully saturated rings. The van der Waals surface area contributed by atoms with Crippen LogP contribution in [0.25, 0.3) is 5.69 Å². The van der Waals surface area contributed by atoms with Gasteiger partial charge >= 0.3 is 6.03 Å². The number of hydrazine groups is 1. The van der Waals surface area contributed by atoms with Crippen LogP contribution in [0.4, 0.5) is 9.18 Å². The van der Waals surface area contributed by atoms with Crippen molar-refractivity contribution < 1.29 is 23.6 Å². The van der Waals surface area contributed by atoms with Gasteiger partial charge in [0.25, 0.3) is 11.8 Å². The van der Waals surface area contributed by atoms with Crippen molar-refractivity contribution in [2.24, 2.45) is 0 Å². The third kappa shape index (κ3) is 4.20. The Hall–Kier alpha value is -3.69. The van der Waals surface area contributed by atoms with E-state index in [1.54, 1.807) is 25.1 Å². The Balaban J connectivity index is 1.33. The molecule has 0 unspecified atom stereocenters. The number of nitrogens with zero attached hydrogens (tertiary/aromatic N) is 2. The van der Waals surface area contributed by atoms with Gasteiger partial charge in [-0.15, -0.1) is 0 Å². The maximum Gasteiger partial charge on any atom is 0.325 e. The first kappa shape index (κ1) is 22.5. The van der Waals surface area contributed by atoms with Gasteiger partial charge in [0, 0.05) is 30.0 Å². The monoisotopic (exact) mass is 455 g/mol. The Morgan fingerprint density at radius 3 is 2.42 bits per heavy atom. The number of urea groups is 1. The minimum absolute atomic E-state index is 0.0623. The van der Waals surface area contributed by atoms with Crippen LogP contribution in [0, 0.1) is 19.7 Å². The van der Waals surface area contributed by atoms with Crippen molar-refractivity contribution in [1.29, 1.82) is 0 Å². The Kier molecular flexibility index (Phi) is 5.92. The minimum atomic E-state index is -0.811. The molecule has 5 amide bonds. The molecule has 1 aliphatic heterocycles. The molecule has 1 spiro atoms. The summed E-state index contributed by atoms with van der Waals surface area (Å²) in [5.74, 6) is -1.67. The molecular formula is C23H26FN5O4. The number of hydrogen-bond acceptors (Lipinski definition) is 4. The van der Waals surface area contributed by atoms with Crippen molar-refractivity contribution in [2.45, 2.75) is 51.5 Å². The summed E-state index contributed by atoms with van der Waals surface area (Å²) in [6.45, 7) is 3.51. The number of aromatic nitrogens is 1. The number of carbonyl (C=O) groups is 4. The van der Waals surface area contributed by atoms with E-state index in [0.717, 1.165) is 23.4 Å². The topological polar surface area (TPSA) is 113 Å². The molecule has 1 aliphatic carbocycles. The number of halogens is 1. The lowest BCUT2D eigenvalue weighted by Gasteiger charge is -2.19. The van der Waals surface area contributed by atoms with Gasteiger partial charge in [0.2, 0.25) is 5.91 Å². The molecule has 4 rings (SSSR count). The summed E-state index contributed by atoms with van der Waals surface area (Å²) in [4.78, 5) is 50.8. The van der Waals surface area contributed by atoms with Gasteiger partial charge in [0.15, 0.2) is 0 Å². The molecule has 2 aliphatic rings. The summed E-state index contributed by atoms with van der Waals surface area (Å²) in [6, 6.07) is 7.11. The first-order chi connectivity index (χ1) is 15.7. The summed E-state index contributed by atoms with van der Waals surface area (Å²) in [6.07, 6.45) is 2.87. The van der Waals surface area contributed by atoms with Crippen LogP contribution in [-0.2, 0) is 9.59 Å². The molecule has 0 bridgehead atoms. The highest BCUT2D eigenvalue weighted by Crippen LogP contribution is 2.35. The van der Waals surface area contributed by atoms with E-state index < -0.39 is 23.4 Å². The molecule has 1 aromatic heterocycles. The highest BCUT2D eigenvalue weighted by Gasteiger charge is 2.52. The normalized spacial score (nSPS) is 16.9. The minimum Gasteiger partial charge on any atom is -0.323 e. The van der Waals surface area contributed by atoms with Gasteiger partial charge in [-0.2, -0.15) is 0 Å². The fourth-order valence-electron chi connectivity index (χ4n) is 4.65. The summed E-state index contributed by atoms with van der Waals surface area (Å²) in [7, 11) is 0. The lowest BCUT2D eigenvalue weighted by atomic mass is 9.98. The van der Waals surface area contributed by atoms with Crippen LogP contribution >= 0.6 is 0 Å². The van der Waals surface area contributed by atoms with Crippen molar-refractivity contribution in [3.05, 3.63) is 53.1 Å². The van der Waals surface area contributed by atoms with Gasteiger partial charge in [-0.05, 0) is 57.0 Å². The van der Waals surface area contributed by atoms with Crippen molar-refractivity contribution in [2.75, 3.05) is 6.54 Å². The quantitative estimate of drug-likeness (QED) is 0.474. The lowest BCUT2D eigenvalue weighted by molar-refractivity contribution is -0.131. The second-order valence-electron chi connectivity index (χ2n) is 8.53. The Morgan fingerprint density at radius 1 is 1.09 bits per heavy atom. The number of rotatable bonds is 5. The van der Waals surface area contributed by atoms with Crippen molar-refractivity contribution >= 4 is 23.8 Å². The third-order valence-corrected chi connectivity index (χ3v) is 6.34. The first-order valence-corrected chi connectivity index (χ1v) is 10.9. The standard InChI is InChI=1S/C23H26FN5O4/c1-14-13-18(15(2)29(14)17-7-5-16(24)6-8-17)20(31)27-26-19(30)9-12-28-21(32)23(25-22(28)33)10-3-4-11-23/h5-8,13H,3-4,9-12H2,1-2H3,(H,25,33)(H,26,30)(H,27,31). The number of carbonyl (C=O) groups excluding carboxylic acids is 4.